The van der Waals surface area contributed by atoms with E-state index in [1.54, 1.807) is 29.2 Å². The first-order valence-electron chi connectivity index (χ1n) is 12.0. The topological polar surface area (TPSA) is 108 Å². The Kier molecular flexibility index (Phi) is 5.89. The van der Waals surface area contributed by atoms with E-state index in [0.717, 1.165) is 21.6 Å². The van der Waals surface area contributed by atoms with Gasteiger partial charge < -0.3 is 20.3 Å². The summed E-state index contributed by atoms with van der Waals surface area (Å²) in [5.41, 5.74) is 2.17. The minimum Gasteiger partial charge on any atom is -0.427 e. The molecule has 36 heavy (non-hydrogen) atoms. The van der Waals surface area contributed by atoms with Crippen molar-refractivity contribution in [1.29, 1.82) is 0 Å². The number of benzene rings is 2. The van der Waals surface area contributed by atoms with E-state index in [-0.39, 0.29) is 36.8 Å². The fourth-order valence-electron chi connectivity index (χ4n) is 5.33. The predicted octanol–water partition coefficient (Wildman–Crippen LogP) is 3.06. The molecule has 1 spiro atoms. The number of hydrogen-bond acceptors (Lipinski definition) is 5. The second-order valence-electron chi connectivity index (χ2n) is 9.48. The van der Waals surface area contributed by atoms with Crippen LogP contribution in [0.25, 0.3) is 0 Å². The van der Waals surface area contributed by atoms with Crippen LogP contribution in [0, 0.1) is 5.82 Å². The van der Waals surface area contributed by atoms with E-state index >= 15 is 0 Å². The number of amides is 5. The van der Waals surface area contributed by atoms with E-state index in [9.17, 15) is 23.6 Å². The van der Waals surface area contributed by atoms with Gasteiger partial charge in [-0.15, -0.1) is 0 Å². The van der Waals surface area contributed by atoms with Crippen molar-refractivity contribution in [3.63, 3.8) is 0 Å². The molecular weight excluding hydrogens is 467 g/mol. The molecule has 5 rings (SSSR count). The zero-order chi connectivity index (χ0) is 25.6. The van der Waals surface area contributed by atoms with Crippen LogP contribution in [-0.4, -0.2) is 53.4 Å². The SMILES string of the molecule is CNC(=O)Nc1ccc2c(c1)CC[C@@]21OC(=O)N(CC(=O)N2Cc3ccc(F)cc3CC[C@@H]2C)C1=O. The highest BCUT2D eigenvalue weighted by molar-refractivity contribution is 6.06. The van der Waals surface area contributed by atoms with Crippen LogP contribution in [0.5, 0.6) is 0 Å². The Labute approximate surface area is 207 Å². The first-order valence-corrected chi connectivity index (χ1v) is 12.0. The Balaban J connectivity index is 1.34. The second kappa shape index (κ2) is 8.92. The van der Waals surface area contributed by atoms with Crippen LogP contribution in [0.4, 0.5) is 19.7 Å². The van der Waals surface area contributed by atoms with Crippen molar-refractivity contribution in [1.82, 2.24) is 15.1 Å². The van der Waals surface area contributed by atoms with Gasteiger partial charge in [0.1, 0.15) is 12.4 Å². The van der Waals surface area contributed by atoms with Crippen LogP contribution in [0.15, 0.2) is 36.4 Å². The van der Waals surface area contributed by atoms with Crippen molar-refractivity contribution in [2.45, 2.75) is 50.8 Å². The molecule has 0 radical (unpaired) electrons. The maximum Gasteiger partial charge on any atom is 0.418 e. The van der Waals surface area contributed by atoms with E-state index < -0.39 is 24.1 Å². The number of carbonyl (C=O) groups is 4. The molecule has 1 saturated heterocycles. The summed E-state index contributed by atoms with van der Waals surface area (Å²) in [6.45, 7) is 1.76. The van der Waals surface area contributed by atoms with Crippen LogP contribution >= 0.6 is 0 Å². The van der Waals surface area contributed by atoms with Gasteiger partial charge >= 0.3 is 12.1 Å². The highest BCUT2D eigenvalue weighted by atomic mass is 19.1. The smallest absolute Gasteiger partial charge is 0.418 e. The van der Waals surface area contributed by atoms with Crippen molar-refractivity contribution >= 4 is 29.6 Å². The van der Waals surface area contributed by atoms with Crippen LogP contribution in [0.1, 0.15) is 42.0 Å². The number of nitrogens with zero attached hydrogens (tertiary/aromatic N) is 2. The van der Waals surface area contributed by atoms with Gasteiger partial charge in [0.2, 0.25) is 11.5 Å². The Morgan fingerprint density at radius 2 is 1.92 bits per heavy atom. The highest BCUT2D eigenvalue weighted by Crippen LogP contribution is 2.46. The van der Waals surface area contributed by atoms with Crippen molar-refractivity contribution in [2.75, 3.05) is 18.9 Å². The third-order valence-electron chi connectivity index (χ3n) is 7.33. The summed E-state index contributed by atoms with van der Waals surface area (Å²) in [6.07, 6.45) is 1.18. The molecular formula is C26H27FN4O5. The number of urea groups is 1. The van der Waals surface area contributed by atoms with Gasteiger partial charge in [-0.05, 0) is 67.1 Å². The quantitative estimate of drug-likeness (QED) is 0.682. The molecule has 0 saturated carbocycles. The Bertz CT molecular complexity index is 1280. The molecule has 2 aromatic carbocycles. The number of carbonyl (C=O) groups excluding carboxylic acids is 4. The van der Waals surface area contributed by atoms with Gasteiger partial charge in [0, 0.05) is 37.3 Å². The maximum atomic E-state index is 13.7. The predicted molar refractivity (Wildman–Crippen MR) is 127 cm³/mol. The second-order valence-corrected chi connectivity index (χ2v) is 9.48. The van der Waals surface area contributed by atoms with Gasteiger partial charge in [0.05, 0.1) is 0 Å². The molecule has 5 amide bonds. The molecule has 0 unspecified atom stereocenters. The van der Waals surface area contributed by atoms with Crippen molar-refractivity contribution in [3.8, 4) is 0 Å². The zero-order valence-corrected chi connectivity index (χ0v) is 20.1. The van der Waals surface area contributed by atoms with Crippen LogP contribution < -0.4 is 10.6 Å². The number of aryl methyl sites for hydroxylation is 2. The summed E-state index contributed by atoms with van der Waals surface area (Å²) in [7, 11) is 1.51. The van der Waals surface area contributed by atoms with E-state index in [1.165, 1.54) is 19.2 Å². The Hall–Kier alpha value is -3.95. The van der Waals surface area contributed by atoms with Crippen LogP contribution in [-0.2, 0) is 39.3 Å². The number of ether oxygens (including phenoxy) is 1. The number of anilines is 1. The number of halogens is 1. The lowest BCUT2D eigenvalue weighted by Gasteiger charge is -2.28. The summed E-state index contributed by atoms with van der Waals surface area (Å²) in [6, 6.07) is 9.11. The third kappa shape index (κ3) is 3.96. The van der Waals surface area contributed by atoms with E-state index in [4.69, 9.17) is 4.74 Å². The van der Waals surface area contributed by atoms with Gasteiger partial charge in [-0.1, -0.05) is 12.1 Å². The Morgan fingerprint density at radius 1 is 1.11 bits per heavy atom. The van der Waals surface area contributed by atoms with Crippen molar-refractivity contribution < 1.29 is 28.3 Å². The lowest BCUT2D eigenvalue weighted by Crippen LogP contribution is -2.46. The van der Waals surface area contributed by atoms with Crippen molar-refractivity contribution in [3.05, 3.63) is 64.5 Å². The van der Waals surface area contributed by atoms with Gasteiger partial charge in [-0.25, -0.2) is 18.9 Å². The van der Waals surface area contributed by atoms with Crippen molar-refractivity contribution in [2.24, 2.45) is 0 Å². The average Bonchev–Trinajstić information content (AvgIpc) is 3.26. The molecule has 10 heteroatoms. The third-order valence-corrected chi connectivity index (χ3v) is 7.33. The van der Waals surface area contributed by atoms with E-state index in [0.29, 0.717) is 30.5 Å². The molecule has 2 aliphatic heterocycles. The summed E-state index contributed by atoms with van der Waals surface area (Å²) >= 11 is 0. The Morgan fingerprint density at radius 3 is 2.69 bits per heavy atom. The standard InChI is InChI=1S/C26H27FN4O5/c1-15-3-4-16-11-19(27)6-5-18(16)13-30(15)22(32)14-31-23(33)26(36-25(31)35)10-9-17-12-20(7-8-21(17)26)29-24(34)28-2/h5-8,11-12,15H,3-4,9-10,13-14H2,1-2H3,(H2,28,29,34)/t15-,26+/m0/s1. The molecule has 2 heterocycles. The van der Waals surface area contributed by atoms with Gasteiger partial charge in [0.25, 0.3) is 5.91 Å². The molecule has 2 N–H and O–H groups in total. The number of fused-ring (bicyclic) bond motifs is 3. The molecule has 2 atom stereocenters. The minimum atomic E-state index is -1.47. The zero-order valence-electron chi connectivity index (χ0n) is 20.1. The molecule has 1 fully saturated rings. The summed E-state index contributed by atoms with van der Waals surface area (Å²) in [5, 5.41) is 5.16. The van der Waals surface area contributed by atoms with E-state index in [1.807, 2.05) is 6.92 Å². The lowest BCUT2D eigenvalue weighted by molar-refractivity contribution is -0.143. The summed E-state index contributed by atoms with van der Waals surface area (Å²) in [4.78, 5) is 53.8. The molecule has 188 valence electrons. The molecule has 9 nitrogen and oxygen atoms in total. The summed E-state index contributed by atoms with van der Waals surface area (Å²) in [5.74, 6) is -1.24. The largest absolute Gasteiger partial charge is 0.427 e. The maximum absolute atomic E-state index is 13.7. The molecule has 0 bridgehead atoms. The molecule has 2 aromatic rings. The van der Waals surface area contributed by atoms with Crippen LogP contribution in [0.3, 0.4) is 0 Å². The monoisotopic (exact) mass is 494 g/mol. The normalized spacial score (nSPS) is 22.7. The molecule has 1 aliphatic carbocycles. The van der Waals surface area contributed by atoms with Crippen LogP contribution in [0.2, 0.25) is 0 Å². The lowest BCUT2D eigenvalue weighted by atomic mass is 9.94. The van der Waals surface area contributed by atoms with E-state index in [2.05, 4.69) is 10.6 Å². The fraction of sp³-hybridized carbons (Fsp3) is 0.385. The average molecular weight is 495 g/mol. The number of imide groups is 1. The fourth-order valence-corrected chi connectivity index (χ4v) is 5.33. The number of nitrogens with one attached hydrogen (secondary N) is 2. The first kappa shape index (κ1) is 23.8. The highest BCUT2D eigenvalue weighted by Gasteiger charge is 2.58. The molecule has 0 aromatic heterocycles. The van der Waals surface area contributed by atoms with Gasteiger partial charge in [-0.2, -0.15) is 0 Å². The number of hydrogen-bond donors (Lipinski definition) is 2. The van der Waals surface area contributed by atoms with Gasteiger partial charge in [-0.3, -0.25) is 9.59 Å². The van der Waals surface area contributed by atoms with Gasteiger partial charge in [0.15, 0.2) is 0 Å². The molecule has 3 aliphatic rings. The minimum absolute atomic E-state index is 0.144. The summed E-state index contributed by atoms with van der Waals surface area (Å²) < 4.78 is 19.3. The first-order chi connectivity index (χ1) is 17.2. The number of rotatable bonds is 3.